The highest BCUT2D eigenvalue weighted by molar-refractivity contribution is 5.77. The van der Waals surface area contributed by atoms with Gasteiger partial charge in [0.05, 0.1) is 5.54 Å². The lowest BCUT2D eigenvalue weighted by Crippen LogP contribution is -2.41. The van der Waals surface area contributed by atoms with Gasteiger partial charge in [0.15, 0.2) is 5.82 Å². The molecular weight excluding hydrogens is 278 g/mol. The highest BCUT2D eigenvalue weighted by Crippen LogP contribution is 2.19. The maximum atomic E-state index is 12.1. The minimum Gasteiger partial charge on any atom is -0.347 e. The molecule has 2 aromatic rings. The first kappa shape index (κ1) is 16.2. The van der Waals surface area contributed by atoms with Crippen LogP contribution in [0.1, 0.15) is 50.9 Å². The van der Waals surface area contributed by atoms with Gasteiger partial charge >= 0.3 is 0 Å². The van der Waals surface area contributed by atoms with Crippen LogP contribution in [0.3, 0.4) is 0 Å². The van der Waals surface area contributed by atoms with E-state index in [9.17, 15) is 4.79 Å². The molecule has 0 atom stereocenters. The van der Waals surface area contributed by atoms with Gasteiger partial charge < -0.3 is 9.84 Å². The largest absolute Gasteiger partial charge is 0.347 e. The van der Waals surface area contributed by atoms with Crippen molar-refractivity contribution in [2.24, 2.45) is 0 Å². The number of amides is 1. The number of hydrogen-bond acceptors (Lipinski definition) is 4. The van der Waals surface area contributed by atoms with E-state index in [2.05, 4.69) is 22.4 Å². The van der Waals surface area contributed by atoms with Crippen molar-refractivity contribution in [2.75, 3.05) is 0 Å². The fourth-order valence-corrected chi connectivity index (χ4v) is 2.28. The minimum absolute atomic E-state index is 0.0240. The van der Waals surface area contributed by atoms with Gasteiger partial charge in [-0.3, -0.25) is 4.79 Å². The van der Waals surface area contributed by atoms with Crippen molar-refractivity contribution >= 4 is 5.91 Å². The number of rotatable bonds is 7. The third-order valence-corrected chi connectivity index (χ3v) is 3.50. The number of hydrogen-bond donors (Lipinski definition) is 1. The number of aromatic nitrogens is 2. The van der Waals surface area contributed by atoms with E-state index in [0.717, 1.165) is 18.4 Å². The minimum atomic E-state index is -0.402. The molecule has 0 radical (unpaired) electrons. The van der Waals surface area contributed by atoms with Crippen LogP contribution in [-0.2, 0) is 23.2 Å². The SMILES string of the molecule is CCCc1noc(CCC(=O)NC(C)(C)c2ccccc2)n1. The summed E-state index contributed by atoms with van der Waals surface area (Å²) in [6.07, 6.45) is 2.58. The van der Waals surface area contributed by atoms with E-state index in [1.54, 1.807) is 0 Å². The molecule has 5 nitrogen and oxygen atoms in total. The van der Waals surface area contributed by atoms with Crippen LogP contribution in [0.4, 0.5) is 0 Å². The molecular formula is C17H23N3O2. The third kappa shape index (κ3) is 4.41. The Morgan fingerprint density at radius 2 is 1.95 bits per heavy atom. The van der Waals surface area contributed by atoms with Crippen LogP contribution >= 0.6 is 0 Å². The second-order valence-corrected chi connectivity index (χ2v) is 5.89. The average molecular weight is 301 g/mol. The van der Waals surface area contributed by atoms with Gasteiger partial charge in [-0.25, -0.2) is 0 Å². The normalized spacial score (nSPS) is 11.4. The number of aryl methyl sites for hydroxylation is 2. The maximum Gasteiger partial charge on any atom is 0.227 e. The number of nitrogens with zero attached hydrogens (tertiary/aromatic N) is 2. The molecule has 0 aliphatic carbocycles. The average Bonchev–Trinajstić information content (AvgIpc) is 2.94. The Bertz CT molecular complexity index is 605. The Kier molecular flexibility index (Phi) is 5.31. The molecule has 0 unspecified atom stereocenters. The molecule has 5 heteroatoms. The summed E-state index contributed by atoms with van der Waals surface area (Å²) in [5, 5.41) is 6.93. The molecule has 2 rings (SSSR count). The van der Waals surface area contributed by atoms with Crippen molar-refractivity contribution < 1.29 is 9.32 Å². The van der Waals surface area contributed by atoms with Gasteiger partial charge in [-0.2, -0.15) is 4.98 Å². The summed E-state index contributed by atoms with van der Waals surface area (Å²) in [6, 6.07) is 9.92. The number of carbonyl (C=O) groups is 1. The summed E-state index contributed by atoms with van der Waals surface area (Å²) in [5.74, 6) is 1.21. The van der Waals surface area contributed by atoms with Crippen LogP contribution in [0.5, 0.6) is 0 Å². The quantitative estimate of drug-likeness (QED) is 0.853. The Morgan fingerprint density at radius 1 is 1.23 bits per heavy atom. The van der Waals surface area contributed by atoms with Crippen LogP contribution in [0, 0.1) is 0 Å². The van der Waals surface area contributed by atoms with E-state index in [-0.39, 0.29) is 5.91 Å². The fourth-order valence-electron chi connectivity index (χ4n) is 2.28. The molecule has 1 N–H and O–H groups in total. The van der Waals surface area contributed by atoms with Crippen LogP contribution in [0.25, 0.3) is 0 Å². The Labute approximate surface area is 131 Å². The molecule has 0 spiro atoms. The molecule has 0 aliphatic rings. The van der Waals surface area contributed by atoms with E-state index < -0.39 is 5.54 Å². The van der Waals surface area contributed by atoms with Crippen LogP contribution in [0.15, 0.2) is 34.9 Å². The lowest BCUT2D eigenvalue weighted by Gasteiger charge is -2.26. The van der Waals surface area contributed by atoms with E-state index >= 15 is 0 Å². The zero-order valence-corrected chi connectivity index (χ0v) is 13.4. The Balaban J connectivity index is 1.87. The monoisotopic (exact) mass is 301 g/mol. The van der Waals surface area contributed by atoms with Crippen molar-refractivity contribution in [1.82, 2.24) is 15.5 Å². The molecule has 0 saturated heterocycles. The lowest BCUT2D eigenvalue weighted by molar-refractivity contribution is -0.122. The van der Waals surface area contributed by atoms with Gasteiger partial charge in [0, 0.05) is 19.3 Å². The van der Waals surface area contributed by atoms with E-state index in [1.165, 1.54) is 0 Å². The smallest absolute Gasteiger partial charge is 0.227 e. The van der Waals surface area contributed by atoms with E-state index in [0.29, 0.717) is 24.6 Å². The number of benzene rings is 1. The van der Waals surface area contributed by atoms with E-state index in [1.807, 2.05) is 44.2 Å². The van der Waals surface area contributed by atoms with Crippen LogP contribution < -0.4 is 5.32 Å². The van der Waals surface area contributed by atoms with Gasteiger partial charge in [0.25, 0.3) is 0 Å². The predicted octanol–water partition coefficient (Wildman–Crippen LogP) is 3.01. The summed E-state index contributed by atoms with van der Waals surface area (Å²) in [6.45, 7) is 6.05. The van der Waals surface area contributed by atoms with Crippen molar-refractivity contribution in [1.29, 1.82) is 0 Å². The first-order valence-corrected chi connectivity index (χ1v) is 7.69. The van der Waals surface area contributed by atoms with Gasteiger partial charge in [0.1, 0.15) is 0 Å². The molecule has 1 aromatic heterocycles. The third-order valence-electron chi connectivity index (χ3n) is 3.50. The first-order chi connectivity index (χ1) is 10.5. The summed E-state index contributed by atoms with van der Waals surface area (Å²) >= 11 is 0. The lowest BCUT2D eigenvalue weighted by atomic mass is 9.94. The molecule has 0 saturated carbocycles. The molecule has 118 valence electrons. The Morgan fingerprint density at radius 3 is 2.64 bits per heavy atom. The van der Waals surface area contributed by atoms with Crippen LogP contribution in [-0.4, -0.2) is 16.0 Å². The fraction of sp³-hybridized carbons (Fsp3) is 0.471. The molecule has 1 amide bonds. The van der Waals surface area contributed by atoms with Gasteiger partial charge in [-0.05, 0) is 25.8 Å². The molecule has 22 heavy (non-hydrogen) atoms. The summed E-state index contributed by atoms with van der Waals surface area (Å²) in [5.41, 5.74) is 0.673. The number of nitrogens with one attached hydrogen (secondary N) is 1. The maximum absolute atomic E-state index is 12.1. The Hall–Kier alpha value is -2.17. The first-order valence-electron chi connectivity index (χ1n) is 7.69. The molecule has 0 bridgehead atoms. The van der Waals surface area contributed by atoms with Crippen molar-refractivity contribution in [2.45, 2.75) is 52.0 Å². The van der Waals surface area contributed by atoms with Gasteiger partial charge in [0.2, 0.25) is 11.8 Å². The molecule has 0 aliphatic heterocycles. The molecule has 0 fully saturated rings. The summed E-state index contributed by atoms with van der Waals surface area (Å²) in [7, 11) is 0. The topological polar surface area (TPSA) is 68.0 Å². The predicted molar refractivity (Wildman–Crippen MR) is 84.2 cm³/mol. The zero-order chi connectivity index (χ0) is 16.0. The van der Waals surface area contributed by atoms with E-state index in [4.69, 9.17) is 4.52 Å². The molecule has 1 heterocycles. The number of carbonyl (C=O) groups excluding carboxylic acids is 1. The molecule has 1 aromatic carbocycles. The van der Waals surface area contributed by atoms with Crippen molar-refractivity contribution in [3.05, 3.63) is 47.6 Å². The summed E-state index contributed by atoms with van der Waals surface area (Å²) < 4.78 is 5.14. The highest BCUT2D eigenvalue weighted by Gasteiger charge is 2.22. The second-order valence-electron chi connectivity index (χ2n) is 5.89. The van der Waals surface area contributed by atoms with Crippen LogP contribution in [0.2, 0.25) is 0 Å². The zero-order valence-electron chi connectivity index (χ0n) is 13.4. The van der Waals surface area contributed by atoms with Gasteiger partial charge in [-0.15, -0.1) is 0 Å². The van der Waals surface area contributed by atoms with Gasteiger partial charge in [-0.1, -0.05) is 42.4 Å². The standard InChI is InChI=1S/C17H23N3O2/c1-4-8-14-18-16(22-20-14)12-11-15(21)19-17(2,3)13-9-6-5-7-10-13/h5-7,9-10H,4,8,11-12H2,1-3H3,(H,19,21). The summed E-state index contributed by atoms with van der Waals surface area (Å²) in [4.78, 5) is 16.4. The second kappa shape index (κ2) is 7.20. The van der Waals surface area contributed by atoms with Crippen molar-refractivity contribution in [3.63, 3.8) is 0 Å². The highest BCUT2D eigenvalue weighted by atomic mass is 16.5. The van der Waals surface area contributed by atoms with Crippen molar-refractivity contribution in [3.8, 4) is 0 Å².